The molecule has 53 heavy (non-hydrogen) atoms. The number of carbonyl (C=O) groups is 2. The molecule has 0 aromatic heterocycles. The van der Waals surface area contributed by atoms with E-state index in [1.165, 1.54) is 29.8 Å². The van der Waals surface area contributed by atoms with Gasteiger partial charge in [-0.1, -0.05) is 92.6 Å². The molecule has 0 spiro atoms. The van der Waals surface area contributed by atoms with Gasteiger partial charge in [-0.25, -0.2) is 0 Å². The van der Waals surface area contributed by atoms with Crippen LogP contribution >= 0.6 is 0 Å². The number of ether oxygens (including phenoxy) is 2. The van der Waals surface area contributed by atoms with Crippen molar-refractivity contribution in [1.29, 1.82) is 0 Å². The summed E-state index contributed by atoms with van der Waals surface area (Å²) in [5.41, 5.74) is 3.82. The lowest BCUT2D eigenvalue weighted by molar-refractivity contribution is -0.145. The summed E-state index contributed by atoms with van der Waals surface area (Å²) in [7, 11) is 0. The van der Waals surface area contributed by atoms with Crippen LogP contribution in [0.4, 0.5) is 13.2 Å². The van der Waals surface area contributed by atoms with Gasteiger partial charge in [-0.15, -0.1) is 0 Å². The molecule has 0 unspecified atom stereocenters. The molecule has 278 valence electrons. The molecule has 2 aliphatic heterocycles. The number of alkyl halides is 3. The third kappa shape index (κ3) is 10.3. The minimum Gasteiger partial charge on any atom is -0.454 e. The van der Waals surface area contributed by atoms with Crippen molar-refractivity contribution in [3.05, 3.63) is 137 Å². The van der Waals surface area contributed by atoms with Crippen LogP contribution in [0.15, 0.2) is 103 Å². The van der Waals surface area contributed by atoms with Gasteiger partial charge in [0.25, 0.3) is 0 Å². The van der Waals surface area contributed by atoms with Crippen molar-refractivity contribution >= 4 is 17.9 Å². The van der Waals surface area contributed by atoms with Crippen molar-refractivity contribution < 1.29 is 32.2 Å². The first kappa shape index (κ1) is 37.7. The van der Waals surface area contributed by atoms with Crippen molar-refractivity contribution in [2.75, 3.05) is 33.0 Å². The Morgan fingerprint density at radius 2 is 1.47 bits per heavy atom. The van der Waals surface area contributed by atoms with E-state index in [1.54, 1.807) is 4.90 Å². The number of fused-ring (bicyclic) bond motifs is 1. The first-order chi connectivity index (χ1) is 25.7. The van der Waals surface area contributed by atoms with E-state index in [4.69, 9.17) is 9.47 Å². The number of unbranched alkanes of at least 4 members (excludes halogenated alkanes) is 2. The van der Waals surface area contributed by atoms with Crippen molar-refractivity contribution in [2.45, 2.75) is 64.3 Å². The lowest BCUT2D eigenvalue weighted by atomic mass is 10.0. The second kappa shape index (κ2) is 17.6. The molecule has 1 fully saturated rings. The highest BCUT2D eigenvalue weighted by molar-refractivity contribution is 5.95. The van der Waals surface area contributed by atoms with Gasteiger partial charge in [0.05, 0.1) is 5.56 Å². The first-order valence-electron chi connectivity index (χ1n) is 18.3. The summed E-state index contributed by atoms with van der Waals surface area (Å²) in [6.07, 6.45) is 3.10. The number of carbonyl (C=O) groups excluding carboxylic acids is 2. The molecule has 1 saturated heterocycles. The molecule has 4 aromatic carbocycles. The van der Waals surface area contributed by atoms with Crippen LogP contribution in [0, 0.1) is 0 Å². The molecule has 7 nitrogen and oxygen atoms in total. The van der Waals surface area contributed by atoms with Gasteiger partial charge in [0.15, 0.2) is 11.5 Å². The molecule has 0 radical (unpaired) electrons. The maximum absolute atomic E-state index is 14.6. The molecule has 1 atom stereocenters. The minimum atomic E-state index is -4.46. The number of piperazine rings is 1. The number of aryl methyl sites for hydroxylation is 1. The Bertz CT molecular complexity index is 1840. The average molecular weight is 726 g/mol. The number of benzene rings is 4. The predicted octanol–water partition coefficient (Wildman–Crippen LogP) is 8.16. The Hall–Kier alpha value is -5.09. The van der Waals surface area contributed by atoms with E-state index in [1.807, 2.05) is 65.6 Å². The van der Waals surface area contributed by atoms with Gasteiger partial charge in [0, 0.05) is 51.8 Å². The Kier molecular flexibility index (Phi) is 12.5. The minimum absolute atomic E-state index is 0.135. The fraction of sp³-hybridized carbons (Fsp3) is 0.349. The van der Waals surface area contributed by atoms with Crippen LogP contribution in [-0.2, 0) is 41.7 Å². The SMILES string of the molecule is CCCCCc1ccc(CN(C(=O)C=Cc2ccc(C(F)(F)F)cc2)[C@@H](Cc2ccccc2)C(=O)N2CCN(Cc3ccc4c(c3)OCO4)CC2)cc1. The zero-order chi connectivity index (χ0) is 37.2. The lowest BCUT2D eigenvalue weighted by Gasteiger charge is -2.39. The summed E-state index contributed by atoms with van der Waals surface area (Å²) in [4.78, 5) is 34.6. The molecule has 2 aliphatic rings. The van der Waals surface area contributed by atoms with Crippen molar-refractivity contribution in [1.82, 2.24) is 14.7 Å². The molecule has 10 heteroatoms. The number of rotatable bonds is 14. The Labute approximate surface area is 309 Å². The monoisotopic (exact) mass is 725 g/mol. The van der Waals surface area contributed by atoms with E-state index in [9.17, 15) is 22.8 Å². The Morgan fingerprint density at radius 1 is 0.792 bits per heavy atom. The van der Waals surface area contributed by atoms with Gasteiger partial charge in [-0.3, -0.25) is 14.5 Å². The second-order valence-corrected chi connectivity index (χ2v) is 13.7. The van der Waals surface area contributed by atoms with E-state index in [-0.39, 0.29) is 19.2 Å². The van der Waals surface area contributed by atoms with Gasteiger partial charge < -0.3 is 19.3 Å². The summed E-state index contributed by atoms with van der Waals surface area (Å²) in [6.45, 7) is 5.64. The van der Waals surface area contributed by atoms with E-state index in [2.05, 4.69) is 24.0 Å². The molecule has 0 aliphatic carbocycles. The smallest absolute Gasteiger partial charge is 0.416 e. The third-order valence-corrected chi connectivity index (χ3v) is 9.84. The molecule has 0 N–H and O–H groups in total. The van der Waals surface area contributed by atoms with Crippen LogP contribution in [0.25, 0.3) is 6.08 Å². The summed E-state index contributed by atoms with van der Waals surface area (Å²) in [5.74, 6) is 0.949. The zero-order valence-corrected chi connectivity index (χ0v) is 30.1. The molecular weight excluding hydrogens is 679 g/mol. The average Bonchev–Trinajstić information content (AvgIpc) is 3.64. The maximum Gasteiger partial charge on any atom is 0.416 e. The third-order valence-electron chi connectivity index (χ3n) is 9.84. The van der Waals surface area contributed by atoms with Gasteiger partial charge >= 0.3 is 6.18 Å². The van der Waals surface area contributed by atoms with Gasteiger partial charge in [-0.05, 0) is 71.0 Å². The quantitative estimate of drug-likeness (QED) is 0.0971. The van der Waals surface area contributed by atoms with E-state index < -0.39 is 23.7 Å². The lowest BCUT2D eigenvalue weighted by Crippen LogP contribution is -2.56. The molecule has 4 aromatic rings. The second-order valence-electron chi connectivity index (χ2n) is 13.7. The largest absolute Gasteiger partial charge is 0.454 e. The Balaban J connectivity index is 1.23. The first-order valence-corrected chi connectivity index (χ1v) is 18.3. The Morgan fingerprint density at radius 3 is 2.17 bits per heavy atom. The molecule has 6 rings (SSSR count). The number of halogens is 3. The highest BCUT2D eigenvalue weighted by Crippen LogP contribution is 2.33. The zero-order valence-electron chi connectivity index (χ0n) is 30.1. The molecular formula is C43H46F3N3O4. The summed E-state index contributed by atoms with van der Waals surface area (Å²) in [6, 6.07) is 27.6. The maximum atomic E-state index is 14.6. The van der Waals surface area contributed by atoms with Crippen molar-refractivity contribution in [2.24, 2.45) is 0 Å². The predicted molar refractivity (Wildman–Crippen MR) is 199 cm³/mol. The topological polar surface area (TPSA) is 62.3 Å². The van der Waals surface area contributed by atoms with Crippen molar-refractivity contribution in [3.63, 3.8) is 0 Å². The fourth-order valence-corrected chi connectivity index (χ4v) is 6.78. The van der Waals surface area contributed by atoms with Crippen molar-refractivity contribution in [3.8, 4) is 11.5 Å². The summed E-state index contributed by atoms with van der Waals surface area (Å²) in [5, 5.41) is 0. The molecule has 0 saturated carbocycles. The summed E-state index contributed by atoms with van der Waals surface area (Å²) < 4.78 is 50.5. The van der Waals surface area contributed by atoms with Gasteiger partial charge in [-0.2, -0.15) is 13.2 Å². The van der Waals surface area contributed by atoms with E-state index in [0.717, 1.165) is 66.0 Å². The highest BCUT2D eigenvalue weighted by Gasteiger charge is 2.34. The van der Waals surface area contributed by atoms with Crippen LogP contribution in [0.3, 0.4) is 0 Å². The number of hydrogen-bond acceptors (Lipinski definition) is 5. The van der Waals surface area contributed by atoms with E-state index >= 15 is 0 Å². The fourth-order valence-electron chi connectivity index (χ4n) is 6.78. The normalized spacial score (nSPS) is 15.1. The van der Waals surface area contributed by atoms with Crippen LogP contribution in [0.2, 0.25) is 0 Å². The van der Waals surface area contributed by atoms with Gasteiger partial charge in [0.1, 0.15) is 6.04 Å². The molecule has 2 heterocycles. The molecule has 2 amide bonds. The van der Waals surface area contributed by atoms with Gasteiger partial charge in [0.2, 0.25) is 18.6 Å². The van der Waals surface area contributed by atoms with Crippen LogP contribution in [0.1, 0.15) is 59.6 Å². The number of amides is 2. The van der Waals surface area contributed by atoms with Crippen LogP contribution in [0.5, 0.6) is 11.5 Å². The standard InChI is InChI=1S/C43H46F3N3O4/c1-2-3-5-8-32-11-13-35(14-12-32)30-49(41(50)22-18-33-15-19-37(20-16-33)43(44,45)46)38(27-34-9-6-4-7-10-34)42(51)48-25-23-47(24-26-48)29-36-17-21-39-40(28-36)53-31-52-39/h4,6-7,9-22,28,38H,2-3,5,8,23-27,29-31H2,1H3/t38-/m0/s1. The highest BCUT2D eigenvalue weighted by atomic mass is 19.4. The van der Waals surface area contributed by atoms with Crippen LogP contribution < -0.4 is 9.47 Å². The number of nitrogens with zero attached hydrogens (tertiary/aromatic N) is 3. The molecule has 0 bridgehead atoms. The van der Waals surface area contributed by atoms with Crippen LogP contribution in [-0.4, -0.2) is 65.5 Å². The summed E-state index contributed by atoms with van der Waals surface area (Å²) >= 11 is 0. The number of hydrogen-bond donors (Lipinski definition) is 0. The van der Waals surface area contributed by atoms with E-state index in [0.29, 0.717) is 44.7 Å².